The molecule has 0 unspecified atom stereocenters. The van der Waals surface area contributed by atoms with Crippen molar-refractivity contribution in [3.63, 3.8) is 0 Å². The number of hydrogen-bond acceptors (Lipinski definition) is 5. The Labute approximate surface area is 107 Å². The third-order valence-electron chi connectivity index (χ3n) is 2.46. The molecule has 0 saturated carbocycles. The van der Waals surface area contributed by atoms with Gasteiger partial charge < -0.3 is 5.73 Å². The van der Waals surface area contributed by atoms with Gasteiger partial charge in [0.1, 0.15) is 5.82 Å². The molecule has 2 aromatic heterocycles. The molecule has 0 fully saturated rings. The number of anilines is 1. The van der Waals surface area contributed by atoms with E-state index in [1.54, 1.807) is 23.0 Å². The molecular weight excluding hydrogens is 254 g/mol. The van der Waals surface area contributed by atoms with E-state index in [0.717, 1.165) is 5.69 Å². The molecule has 0 atom stereocenters. The number of halogens is 1. The zero-order chi connectivity index (χ0) is 12.5. The standard InChI is InChI=1S/C10H8ClN7/c11-6-1-3-7(4-2-6)18-9(12)8(5-13-18)10-14-16-17-15-10/h1-5H,12H2,(H,14,15,16,17). The summed E-state index contributed by atoms with van der Waals surface area (Å²) < 4.78 is 1.59. The minimum atomic E-state index is 0.410. The minimum absolute atomic E-state index is 0.410. The second kappa shape index (κ2) is 4.11. The lowest BCUT2D eigenvalue weighted by atomic mass is 10.3. The molecule has 3 aromatic rings. The molecule has 18 heavy (non-hydrogen) atoms. The highest BCUT2D eigenvalue weighted by atomic mass is 35.5. The van der Waals surface area contributed by atoms with E-state index < -0.39 is 0 Å². The monoisotopic (exact) mass is 261 g/mol. The second-order valence-corrected chi connectivity index (χ2v) is 4.00. The fourth-order valence-electron chi connectivity index (χ4n) is 1.59. The van der Waals surface area contributed by atoms with Gasteiger partial charge in [-0.1, -0.05) is 11.6 Å². The molecule has 8 heteroatoms. The predicted octanol–water partition coefficient (Wildman–Crippen LogP) is 1.29. The van der Waals surface area contributed by atoms with E-state index in [1.807, 2.05) is 12.1 Å². The van der Waals surface area contributed by atoms with Crippen LogP contribution < -0.4 is 5.73 Å². The first kappa shape index (κ1) is 10.7. The lowest BCUT2D eigenvalue weighted by Gasteiger charge is -2.04. The molecule has 90 valence electrons. The molecule has 0 aliphatic heterocycles. The van der Waals surface area contributed by atoms with Crippen molar-refractivity contribution >= 4 is 17.4 Å². The van der Waals surface area contributed by atoms with Crippen molar-refractivity contribution in [1.82, 2.24) is 30.4 Å². The number of tetrazole rings is 1. The van der Waals surface area contributed by atoms with E-state index in [9.17, 15) is 0 Å². The minimum Gasteiger partial charge on any atom is -0.383 e. The first-order chi connectivity index (χ1) is 8.75. The van der Waals surface area contributed by atoms with Gasteiger partial charge in [-0.2, -0.15) is 10.3 Å². The maximum absolute atomic E-state index is 6.01. The Morgan fingerprint density at radius 1 is 1.22 bits per heavy atom. The van der Waals surface area contributed by atoms with Crippen molar-refractivity contribution < 1.29 is 0 Å². The highest BCUT2D eigenvalue weighted by molar-refractivity contribution is 6.30. The Bertz CT molecular complexity index is 656. The number of benzene rings is 1. The lowest BCUT2D eigenvalue weighted by Crippen LogP contribution is -2.02. The van der Waals surface area contributed by atoms with Crippen LogP contribution in [-0.2, 0) is 0 Å². The molecule has 0 radical (unpaired) electrons. The quantitative estimate of drug-likeness (QED) is 0.724. The number of nitrogens with one attached hydrogen (secondary N) is 1. The maximum atomic E-state index is 6.01. The van der Waals surface area contributed by atoms with Gasteiger partial charge in [0, 0.05) is 5.02 Å². The third kappa shape index (κ3) is 1.70. The number of nitrogens with zero attached hydrogens (tertiary/aromatic N) is 5. The molecule has 2 heterocycles. The molecular formula is C10H8ClN7. The van der Waals surface area contributed by atoms with Crippen LogP contribution in [0, 0.1) is 0 Å². The molecule has 0 aliphatic carbocycles. The number of rotatable bonds is 2. The van der Waals surface area contributed by atoms with Crippen LogP contribution in [0.1, 0.15) is 0 Å². The molecule has 0 saturated heterocycles. The summed E-state index contributed by atoms with van der Waals surface area (Å²) >= 11 is 5.83. The molecule has 0 spiro atoms. The lowest BCUT2D eigenvalue weighted by molar-refractivity contribution is 0.881. The van der Waals surface area contributed by atoms with Crippen LogP contribution in [0.4, 0.5) is 5.82 Å². The van der Waals surface area contributed by atoms with Crippen molar-refractivity contribution in [3.05, 3.63) is 35.5 Å². The highest BCUT2D eigenvalue weighted by Crippen LogP contribution is 2.24. The Morgan fingerprint density at radius 3 is 2.67 bits per heavy atom. The molecule has 0 bridgehead atoms. The maximum Gasteiger partial charge on any atom is 0.209 e. The van der Waals surface area contributed by atoms with E-state index in [2.05, 4.69) is 25.7 Å². The van der Waals surface area contributed by atoms with Crippen molar-refractivity contribution in [2.45, 2.75) is 0 Å². The Hall–Kier alpha value is -2.41. The second-order valence-electron chi connectivity index (χ2n) is 3.57. The van der Waals surface area contributed by atoms with E-state index >= 15 is 0 Å². The summed E-state index contributed by atoms with van der Waals surface area (Å²) in [6.45, 7) is 0. The van der Waals surface area contributed by atoms with Gasteiger partial charge in [-0.05, 0) is 29.5 Å². The van der Waals surface area contributed by atoms with Crippen LogP contribution in [0.15, 0.2) is 30.5 Å². The van der Waals surface area contributed by atoms with E-state index in [-0.39, 0.29) is 0 Å². The molecule has 0 amide bonds. The van der Waals surface area contributed by atoms with Gasteiger partial charge in [0.15, 0.2) is 0 Å². The number of aromatic nitrogens is 6. The van der Waals surface area contributed by atoms with Gasteiger partial charge in [-0.3, -0.25) is 0 Å². The highest BCUT2D eigenvalue weighted by Gasteiger charge is 2.14. The first-order valence-electron chi connectivity index (χ1n) is 5.09. The fourth-order valence-corrected chi connectivity index (χ4v) is 1.72. The van der Waals surface area contributed by atoms with Crippen LogP contribution in [0.25, 0.3) is 17.1 Å². The zero-order valence-corrected chi connectivity index (χ0v) is 9.83. The molecule has 0 aliphatic rings. The van der Waals surface area contributed by atoms with Crippen LogP contribution in [0.2, 0.25) is 5.02 Å². The largest absolute Gasteiger partial charge is 0.383 e. The van der Waals surface area contributed by atoms with Crippen LogP contribution in [0.3, 0.4) is 0 Å². The topological polar surface area (TPSA) is 98.3 Å². The number of hydrogen-bond donors (Lipinski definition) is 2. The SMILES string of the molecule is Nc1c(-c2nn[nH]n2)cnn1-c1ccc(Cl)cc1. The molecule has 3 N–H and O–H groups in total. The van der Waals surface area contributed by atoms with Crippen molar-refractivity contribution in [2.75, 3.05) is 5.73 Å². The van der Waals surface area contributed by atoms with Gasteiger partial charge in [-0.25, -0.2) is 4.68 Å². The zero-order valence-electron chi connectivity index (χ0n) is 9.08. The van der Waals surface area contributed by atoms with Crippen molar-refractivity contribution in [1.29, 1.82) is 0 Å². The number of H-pyrrole nitrogens is 1. The number of nitrogens with two attached hydrogens (primary N) is 1. The summed E-state index contributed by atoms with van der Waals surface area (Å²) in [4.78, 5) is 0. The smallest absolute Gasteiger partial charge is 0.209 e. The summed E-state index contributed by atoms with van der Waals surface area (Å²) in [6.07, 6.45) is 1.59. The fraction of sp³-hybridized carbons (Fsp3) is 0. The van der Waals surface area contributed by atoms with Crippen LogP contribution >= 0.6 is 11.6 Å². The summed E-state index contributed by atoms with van der Waals surface area (Å²) in [5, 5.41) is 18.4. The van der Waals surface area contributed by atoms with Crippen molar-refractivity contribution in [2.24, 2.45) is 0 Å². The van der Waals surface area contributed by atoms with Gasteiger partial charge in [-0.15, -0.1) is 10.2 Å². The van der Waals surface area contributed by atoms with E-state index in [4.69, 9.17) is 17.3 Å². The van der Waals surface area contributed by atoms with Crippen molar-refractivity contribution in [3.8, 4) is 17.1 Å². The summed E-state index contributed by atoms with van der Waals surface area (Å²) in [5.41, 5.74) is 7.45. The summed E-state index contributed by atoms with van der Waals surface area (Å²) in [7, 11) is 0. The van der Waals surface area contributed by atoms with E-state index in [1.165, 1.54) is 0 Å². The molecule has 7 nitrogen and oxygen atoms in total. The Morgan fingerprint density at radius 2 is 2.00 bits per heavy atom. The molecule has 1 aromatic carbocycles. The van der Waals surface area contributed by atoms with E-state index in [0.29, 0.717) is 22.2 Å². The third-order valence-corrected chi connectivity index (χ3v) is 2.72. The van der Waals surface area contributed by atoms with Gasteiger partial charge in [0.2, 0.25) is 5.82 Å². The number of nitrogen functional groups attached to an aromatic ring is 1. The normalized spacial score (nSPS) is 10.7. The summed E-state index contributed by atoms with van der Waals surface area (Å²) in [5.74, 6) is 0.853. The van der Waals surface area contributed by atoms with Gasteiger partial charge in [0.05, 0.1) is 17.4 Å². The summed E-state index contributed by atoms with van der Waals surface area (Å²) in [6, 6.07) is 7.19. The average molecular weight is 262 g/mol. The van der Waals surface area contributed by atoms with Crippen LogP contribution in [0.5, 0.6) is 0 Å². The Kier molecular flexibility index (Phi) is 2.45. The average Bonchev–Trinajstić information content (AvgIpc) is 2.99. The predicted molar refractivity (Wildman–Crippen MR) is 66.2 cm³/mol. The van der Waals surface area contributed by atoms with Gasteiger partial charge >= 0.3 is 0 Å². The number of aromatic amines is 1. The van der Waals surface area contributed by atoms with Crippen LogP contribution in [-0.4, -0.2) is 30.4 Å². The Balaban J connectivity index is 2.07. The first-order valence-corrected chi connectivity index (χ1v) is 5.47. The van der Waals surface area contributed by atoms with Gasteiger partial charge in [0.25, 0.3) is 0 Å². The molecule has 3 rings (SSSR count).